The van der Waals surface area contributed by atoms with Crippen molar-refractivity contribution in [2.24, 2.45) is 0 Å². The van der Waals surface area contributed by atoms with E-state index in [4.69, 9.17) is 9.47 Å². The number of amides is 1. The van der Waals surface area contributed by atoms with Gasteiger partial charge < -0.3 is 14.8 Å². The van der Waals surface area contributed by atoms with Gasteiger partial charge in [0.2, 0.25) is 12.7 Å². The summed E-state index contributed by atoms with van der Waals surface area (Å²) in [5, 5.41) is 3.57. The van der Waals surface area contributed by atoms with E-state index in [1.54, 1.807) is 11.8 Å². The smallest absolute Gasteiger partial charge is 0.234 e. The molecule has 0 atom stereocenters. The first kappa shape index (κ1) is 13.6. The van der Waals surface area contributed by atoms with Crippen molar-refractivity contribution in [3.05, 3.63) is 18.2 Å². The summed E-state index contributed by atoms with van der Waals surface area (Å²) in [5.74, 6) is 2.01. The molecule has 0 bridgehead atoms. The highest BCUT2D eigenvalue weighted by Gasteiger charge is 2.17. The molecule has 0 aromatic heterocycles. The Morgan fingerprint density at radius 2 is 2.00 bits per heavy atom. The van der Waals surface area contributed by atoms with Crippen LogP contribution in [0.4, 0.5) is 5.69 Å². The van der Waals surface area contributed by atoms with Crippen molar-refractivity contribution >= 4 is 23.4 Å². The average Bonchev–Trinajstić information content (AvgIpc) is 2.94. The van der Waals surface area contributed by atoms with Crippen LogP contribution < -0.4 is 14.8 Å². The molecule has 1 heterocycles. The van der Waals surface area contributed by atoms with E-state index in [0.29, 0.717) is 16.8 Å². The number of carbonyl (C=O) groups is 1. The van der Waals surface area contributed by atoms with Gasteiger partial charge >= 0.3 is 0 Å². The molecule has 1 amide bonds. The predicted molar refractivity (Wildman–Crippen MR) is 80.5 cm³/mol. The maximum atomic E-state index is 12.0. The second-order valence-corrected chi connectivity index (χ2v) is 6.48. The summed E-state index contributed by atoms with van der Waals surface area (Å²) in [6.45, 7) is 0.254. The van der Waals surface area contributed by atoms with Gasteiger partial charge in [-0.1, -0.05) is 19.3 Å². The van der Waals surface area contributed by atoms with Gasteiger partial charge in [0.15, 0.2) is 11.5 Å². The van der Waals surface area contributed by atoms with Crippen molar-refractivity contribution in [3.8, 4) is 11.5 Å². The first-order chi connectivity index (χ1) is 9.81. The number of benzene rings is 1. The van der Waals surface area contributed by atoms with E-state index in [9.17, 15) is 4.79 Å². The third-order valence-electron chi connectivity index (χ3n) is 3.66. The summed E-state index contributed by atoms with van der Waals surface area (Å²) in [5.41, 5.74) is 0.767. The SMILES string of the molecule is O=C(CSC1CCCCC1)Nc1ccc2c(c1)OCO2. The quantitative estimate of drug-likeness (QED) is 0.924. The van der Waals surface area contributed by atoms with Gasteiger partial charge in [-0.3, -0.25) is 4.79 Å². The van der Waals surface area contributed by atoms with E-state index >= 15 is 0 Å². The van der Waals surface area contributed by atoms with E-state index in [-0.39, 0.29) is 12.7 Å². The molecule has 20 heavy (non-hydrogen) atoms. The molecule has 3 rings (SSSR count). The second kappa shape index (κ2) is 6.39. The number of ether oxygens (including phenoxy) is 2. The topological polar surface area (TPSA) is 47.6 Å². The molecule has 1 aromatic rings. The Kier molecular flexibility index (Phi) is 4.35. The van der Waals surface area contributed by atoms with Crippen LogP contribution in [0.3, 0.4) is 0 Å². The molecule has 2 aliphatic rings. The third kappa shape index (κ3) is 3.39. The molecule has 1 aromatic carbocycles. The van der Waals surface area contributed by atoms with E-state index in [0.717, 1.165) is 11.4 Å². The fraction of sp³-hybridized carbons (Fsp3) is 0.533. The molecule has 0 unspecified atom stereocenters. The first-order valence-electron chi connectivity index (χ1n) is 7.12. The molecular weight excluding hydrogens is 274 g/mol. The van der Waals surface area contributed by atoms with Gasteiger partial charge in [-0.25, -0.2) is 0 Å². The average molecular weight is 293 g/mol. The van der Waals surface area contributed by atoms with E-state index in [1.807, 2.05) is 18.2 Å². The number of hydrogen-bond donors (Lipinski definition) is 1. The minimum absolute atomic E-state index is 0.0550. The highest BCUT2D eigenvalue weighted by molar-refractivity contribution is 8.00. The largest absolute Gasteiger partial charge is 0.454 e. The summed E-state index contributed by atoms with van der Waals surface area (Å²) in [6.07, 6.45) is 6.47. The van der Waals surface area contributed by atoms with E-state index < -0.39 is 0 Å². The van der Waals surface area contributed by atoms with Gasteiger partial charge in [0, 0.05) is 17.0 Å². The normalized spacial score (nSPS) is 18.0. The summed E-state index contributed by atoms with van der Waals surface area (Å²) in [7, 11) is 0. The Hall–Kier alpha value is -1.36. The number of hydrogen-bond acceptors (Lipinski definition) is 4. The van der Waals surface area contributed by atoms with Crippen LogP contribution >= 0.6 is 11.8 Å². The fourth-order valence-electron chi connectivity index (χ4n) is 2.60. The lowest BCUT2D eigenvalue weighted by atomic mass is 10.0. The fourth-order valence-corrected chi connectivity index (χ4v) is 3.72. The molecule has 0 spiro atoms. The van der Waals surface area contributed by atoms with Gasteiger partial charge in [0.25, 0.3) is 0 Å². The molecule has 1 aliphatic carbocycles. The van der Waals surface area contributed by atoms with Crippen LogP contribution in [-0.2, 0) is 4.79 Å². The molecule has 5 heteroatoms. The summed E-state index contributed by atoms with van der Waals surface area (Å²) < 4.78 is 10.5. The zero-order valence-corrected chi connectivity index (χ0v) is 12.2. The number of nitrogens with one attached hydrogen (secondary N) is 1. The zero-order valence-electron chi connectivity index (χ0n) is 11.4. The lowest BCUT2D eigenvalue weighted by Crippen LogP contribution is -2.17. The zero-order chi connectivity index (χ0) is 13.8. The standard InChI is InChI=1S/C15H19NO3S/c17-15(9-20-12-4-2-1-3-5-12)16-11-6-7-13-14(8-11)19-10-18-13/h6-8,12H,1-5,9-10H2,(H,16,17). The molecule has 1 N–H and O–H groups in total. The summed E-state index contributed by atoms with van der Waals surface area (Å²) in [4.78, 5) is 12.0. The van der Waals surface area contributed by atoms with Gasteiger partial charge in [-0.2, -0.15) is 0 Å². The van der Waals surface area contributed by atoms with Crippen LogP contribution in [0.5, 0.6) is 11.5 Å². The van der Waals surface area contributed by atoms with Crippen LogP contribution in [0.1, 0.15) is 32.1 Å². The predicted octanol–water partition coefficient (Wildman–Crippen LogP) is 3.42. The Bertz CT molecular complexity index is 486. The maximum Gasteiger partial charge on any atom is 0.234 e. The molecule has 4 nitrogen and oxygen atoms in total. The van der Waals surface area contributed by atoms with Crippen LogP contribution in [0, 0.1) is 0 Å². The third-order valence-corrected chi connectivity index (χ3v) is 5.03. The van der Waals surface area contributed by atoms with Crippen LogP contribution in [-0.4, -0.2) is 23.7 Å². The molecule has 0 radical (unpaired) electrons. The molecule has 0 saturated heterocycles. The van der Waals surface area contributed by atoms with Gasteiger partial charge in [-0.05, 0) is 25.0 Å². The van der Waals surface area contributed by atoms with Crippen molar-refractivity contribution in [2.45, 2.75) is 37.4 Å². The summed E-state index contributed by atoms with van der Waals surface area (Å²) in [6, 6.07) is 5.48. The molecule has 1 saturated carbocycles. The monoisotopic (exact) mass is 293 g/mol. The molecule has 1 aliphatic heterocycles. The van der Waals surface area contributed by atoms with Crippen molar-refractivity contribution in [2.75, 3.05) is 17.9 Å². The molecule has 1 fully saturated rings. The maximum absolute atomic E-state index is 12.0. The van der Waals surface area contributed by atoms with Crippen molar-refractivity contribution < 1.29 is 14.3 Å². The minimum atomic E-state index is 0.0550. The second-order valence-electron chi connectivity index (χ2n) is 5.19. The first-order valence-corrected chi connectivity index (χ1v) is 8.17. The van der Waals surface area contributed by atoms with Crippen LogP contribution in [0.15, 0.2) is 18.2 Å². The number of rotatable bonds is 4. The van der Waals surface area contributed by atoms with Crippen LogP contribution in [0.25, 0.3) is 0 Å². The van der Waals surface area contributed by atoms with Gasteiger partial charge in [0.1, 0.15) is 0 Å². The lowest BCUT2D eigenvalue weighted by Gasteiger charge is -2.20. The number of anilines is 1. The lowest BCUT2D eigenvalue weighted by molar-refractivity contribution is -0.113. The Morgan fingerprint density at radius 1 is 1.20 bits per heavy atom. The minimum Gasteiger partial charge on any atom is -0.454 e. The number of fused-ring (bicyclic) bond motifs is 1. The van der Waals surface area contributed by atoms with Crippen molar-refractivity contribution in [3.63, 3.8) is 0 Å². The van der Waals surface area contributed by atoms with Gasteiger partial charge in [-0.15, -0.1) is 11.8 Å². The Balaban J connectivity index is 1.48. The Labute approximate surface area is 123 Å². The van der Waals surface area contributed by atoms with Crippen molar-refractivity contribution in [1.82, 2.24) is 0 Å². The number of thioether (sulfide) groups is 1. The molecule has 108 valence electrons. The summed E-state index contributed by atoms with van der Waals surface area (Å²) >= 11 is 1.78. The Morgan fingerprint density at radius 3 is 2.85 bits per heavy atom. The van der Waals surface area contributed by atoms with Crippen LogP contribution in [0.2, 0.25) is 0 Å². The molecular formula is C15H19NO3S. The highest BCUT2D eigenvalue weighted by atomic mass is 32.2. The van der Waals surface area contributed by atoms with Gasteiger partial charge in [0.05, 0.1) is 5.75 Å². The van der Waals surface area contributed by atoms with E-state index in [1.165, 1.54) is 32.1 Å². The van der Waals surface area contributed by atoms with E-state index in [2.05, 4.69) is 5.32 Å². The number of carbonyl (C=O) groups excluding carboxylic acids is 1. The van der Waals surface area contributed by atoms with Crippen molar-refractivity contribution in [1.29, 1.82) is 0 Å². The highest BCUT2D eigenvalue weighted by Crippen LogP contribution is 2.34.